The molecule has 0 spiro atoms. The SMILES string of the molecule is CCC(C(N)=S)N1CCCC(C)(O)C1. The van der Waals surface area contributed by atoms with Gasteiger partial charge in [0.05, 0.1) is 16.6 Å². The average molecular weight is 216 g/mol. The van der Waals surface area contributed by atoms with Crippen molar-refractivity contribution >= 4 is 17.2 Å². The molecule has 0 radical (unpaired) electrons. The molecule has 0 aromatic rings. The third-order valence-corrected chi connectivity index (χ3v) is 3.13. The van der Waals surface area contributed by atoms with Crippen LogP contribution < -0.4 is 5.73 Å². The van der Waals surface area contributed by atoms with E-state index < -0.39 is 5.60 Å². The molecule has 2 unspecified atom stereocenters. The average Bonchev–Trinajstić information content (AvgIpc) is 2.02. The second-order valence-electron chi connectivity index (χ2n) is 4.40. The normalized spacial score (nSPS) is 31.4. The molecule has 3 N–H and O–H groups in total. The topological polar surface area (TPSA) is 49.5 Å². The number of likely N-dealkylation sites (tertiary alicyclic amines) is 1. The van der Waals surface area contributed by atoms with Gasteiger partial charge >= 0.3 is 0 Å². The molecule has 2 atom stereocenters. The van der Waals surface area contributed by atoms with Crippen LogP contribution in [0.15, 0.2) is 0 Å². The summed E-state index contributed by atoms with van der Waals surface area (Å²) in [5.74, 6) is 0. The van der Waals surface area contributed by atoms with E-state index in [0.717, 1.165) is 25.8 Å². The van der Waals surface area contributed by atoms with Crippen LogP contribution in [-0.4, -0.2) is 39.7 Å². The van der Waals surface area contributed by atoms with Crippen molar-refractivity contribution in [2.45, 2.75) is 44.8 Å². The maximum atomic E-state index is 9.95. The van der Waals surface area contributed by atoms with Crippen LogP contribution >= 0.6 is 12.2 Å². The molecule has 14 heavy (non-hydrogen) atoms. The van der Waals surface area contributed by atoms with Crippen LogP contribution in [0.4, 0.5) is 0 Å². The Labute approximate surface area is 91.3 Å². The fourth-order valence-electron chi connectivity index (χ4n) is 2.16. The smallest absolute Gasteiger partial charge is 0.0901 e. The molecule has 1 aliphatic heterocycles. The van der Waals surface area contributed by atoms with Crippen LogP contribution in [-0.2, 0) is 0 Å². The summed E-state index contributed by atoms with van der Waals surface area (Å²) < 4.78 is 0. The lowest BCUT2D eigenvalue weighted by molar-refractivity contribution is -0.0217. The fraction of sp³-hybridized carbons (Fsp3) is 0.900. The Morgan fingerprint density at radius 1 is 1.71 bits per heavy atom. The number of hydrogen-bond donors (Lipinski definition) is 2. The van der Waals surface area contributed by atoms with Crippen LogP contribution in [0.3, 0.4) is 0 Å². The van der Waals surface area contributed by atoms with Gasteiger partial charge in [0.25, 0.3) is 0 Å². The Morgan fingerprint density at radius 3 is 2.79 bits per heavy atom. The van der Waals surface area contributed by atoms with Gasteiger partial charge in [0.1, 0.15) is 0 Å². The van der Waals surface area contributed by atoms with E-state index in [1.54, 1.807) is 0 Å². The Kier molecular flexibility index (Phi) is 3.86. The number of nitrogens with zero attached hydrogens (tertiary/aromatic N) is 1. The molecule has 3 nitrogen and oxygen atoms in total. The van der Waals surface area contributed by atoms with Gasteiger partial charge in [-0.15, -0.1) is 0 Å². The summed E-state index contributed by atoms with van der Waals surface area (Å²) in [6.45, 7) is 5.63. The number of hydrogen-bond acceptors (Lipinski definition) is 3. The van der Waals surface area contributed by atoms with Crippen molar-refractivity contribution in [3.63, 3.8) is 0 Å². The van der Waals surface area contributed by atoms with E-state index in [0.29, 0.717) is 11.5 Å². The van der Waals surface area contributed by atoms with Gasteiger partial charge in [0.15, 0.2) is 0 Å². The first-order valence-corrected chi connectivity index (χ1v) is 5.63. The highest BCUT2D eigenvalue weighted by Crippen LogP contribution is 2.22. The molecule has 0 aromatic carbocycles. The first kappa shape index (κ1) is 11.9. The van der Waals surface area contributed by atoms with Gasteiger partial charge in [-0.1, -0.05) is 19.1 Å². The number of β-amino-alcohol motifs (C(OH)–C–C–N with tert-alkyl or cyclic N) is 1. The zero-order valence-corrected chi connectivity index (χ0v) is 9.81. The molecule has 4 heteroatoms. The number of aliphatic hydroxyl groups is 1. The molecule has 1 fully saturated rings. The first-order chi connectivity index (χ1) is 6.46. The molecule has 1 heterocycles. The monoisotopic (exact) mass is 216 g/mol. The van der Waals surface area contributed by atoms with Crippen molar-refractivity contribution in [3.05, 3.63) is 0 Å². The quantitative estimate of drug-likeness (QED) is 0.688. The number of piperidine rings is 1. The molecule has 0 amide bonds. The first-order valence-electron chi connectivity index (χ1n) is 5.22. The van der Waals surface area contributed by atoms with Crippen molar-refractivity contribution in [1.82, 2.24) is 4.90 Å². The van der Waals surface area contributed by atoms with Crippen LogP contribution in [0.5, 0.6) is 0 Å². The molecule has 0 aliphatic carbocycles. The summed E-state index contributed by atoms with van der Waals surface area (Å²) in [6, 6.07) is 0.150. The van der Waals surface area contributed by atoms with E-state index in [9.17, 15) is 5.11 Å². The molecular weight excluding hydrogens is 196 g/mol. The minimum absolute atomic E-state index is 0.150. The predicted octanol–water partition coefficient (Wildman–Crippen LogP) is 0.898. The Hall–Kier alpha value is -0.190. The highest BCUT2D eigenvalue weighted by Gasteiger charge is 2.32. The molecule has 0 bridgehead atoms. The van der Waals surface area contributed by atoms with Crippen molar-refractivity contribution in [3.8, 4) is 0 Å². The molecule has 1 aliphatic rings. The van der Waals surface area contributed by atoms with Crippen LogP contribution in [0, 0.1) is 0 Å². The Morgan fingerprint density at radius 2 is 2.36 bits per heavy atom. The van der Waals surface area contributed by atoms with Gasteiger partial charge < -0.3 is 10.8 Å². The van der Waals surface area contributed by atoms with E-state index in [2.05, 4.69) is 11.8 Å². The van der Waals surface area contributed by atoms with Gasteiger partial charge in [-0.3, -0.25) is 4.90 Å². The van der Waals surface area contributed by atoms with E-state index in [1.165, 1.54) is 0 Å². The maximum absolute atomic E-state index is 9.95. The largest absolute Gasteiger partial charge is 0.392 e. The zero-order valence-electron chi connectivity index (χ0n) is 8.99. The fourth-order valence-corrected chi connectivity index (χ4v) is 2.48. The van der Waals surface area contributed by atoms with Gasteiger partial charge in [0, 0.05) is 6.54 Å². The Bertz CT molecular complexity index is 218. The summed E-state index contributed by atoms with van der Waals surface area (Å²) in [4.78, 5) is 2.75. The Balaban J connectivity index is 2.62. The lowest BCUT2D eigenvalue weighted by Crippen LogP contribution is -2.53. The molecule has 1 saturated heterocycles. The molecule has 0 saturated carbocycles. The number of nitrogens with two attached hydrogens (primary N) is 1. The molecule has 0 aromatic heterocycles. The van der Waals surface area contributed by atoms with Gasteiger partial charge in [0.2, 0.25) is 0 Å². The highest BCUT2D eigenvalue weighted by atomic mass is 32.1. The van der Waals surface area contributed by atoms with Crippen molar-refractivity contribution in [2.75, 3.05) is 13.1 Å². The third-order valence-electron chi connectivity index (χ3n) is 2.86. The van der Waals surface area contributed by atoms with Crippen LogP contribution in [0.25, 0.3) is 0 Å². The lowest BCUT2D eigenvalue weighted by atomic mass is 9.93. The van der Waals surface area contributed by atoms with Crippen molar-refractivity contribution < 1.29 is 5.11 Å². The number of rotatable bonds is 3. The van der Waals surface area contributed by atoms with Gasteiger partial charge in [-0.05, 0) is 32.7 Å². The van der Waals surface area contributed by atoms with Gasteiger partial charge in [-0.2, -0.15) is 0 Å². The summed E-state index contributed by atoms with van der Waals surface area (Å²) in [5, 5.41) is 9.95. The van der Waals surface area contributed by atoms with Crippen LogP contribution in [0.1, 0.15) is 33.1 Å². The third kappa shape index (κ3) is 2.90. The second-order valence-corrected chi connectivity index (χ2v) is 4.87. The summed E-state index contributed by atoms with van der Waals surface area (Å²) in [7, 11) is 0. The van der Waals surface area contributed by atoms with Crippen molar-refractivity contribution in [2.24, 2.45) is 5.73 Å². The predicted molar refractivity (Wildman–Crippen MR) is 62.3 cm³/mol. The highest BCUT2D eigenvalue weighted by molar-refractivity contribution is 7.80. The molecular formula is C10H20N2OS. The van der Waals surface area contributed by atoms with E-state index in [4.69, 9.17) is 18.0 Å². The molecule has 1 rings (SSSR count). The summed E-state index contributed by atoms with van der Waals surface area (Å²) >= 11 is 5.03. The minimum atomic E-state index is -0.573. The number of thiocarbonyl (C=S) groups is 1. The second kappa shape index (κ2) is 4.55. The summed E-state index contributed by atoms with van der Waals surface area (Å²) in [6.07, 6.45) is 2.81. The van der Waals surface area contributed by atoms with Gasteiger partial charge in [-0.25, -0.2) is 0 Å². The minimum Gasteiger partial charge on any atom is -0.392 e. The summed E-state index contributed by atoms with van der Waals surface area (Å²) in [5.41, 5.74) is 5.10. The van der Waals surface area contributed by atoms with Crippen molar-refractivity contribution in [1.29, 1.82) is 0 Å². The van der Waals surface area contributed by atoms with E-state index in [-0.39, 0.29) is 6.04 Å². The lowest BCUT2D eigenvalue weighted by Gasteiger charge is -2.40. The maximum Gasteiger partial charge on any atom is 0.0901 e. The molecule has 82 valence electrons. The van der Waals surface area contributed by atoms with Crippen LogP contribution in [0.2, 0.25) is 0 Å². The zero-order chi connectivity index (χ0) is 10.8. The van der Waals surface area contributed by atoms with E-state index >= 15 is 0 Å². The van der Waals surface area contributed by atoms with E-state index in [1.807, 2.05) is 6.92 Å². The standard InChI is InChI=1S/C10H20N2OS/c1-3-8(9(11)14)12-6-4-5-10(2,13)7-12/h8,13H,3-7H2,1-2H3,(H2,11,14).